The highest BCUT2D eigenvalue weighted by atomic mass is 19.1. The fraction of sp³-hybridized carbons (Fsp3) is 0.150. The molecule has 0 spiro atoms. The van der Waals surface area contributed by atoms with E-state index in [2.05, 4.69) is 15.1 Å². The van der Waals surface area contributed by atoms with Gasteiger partial charge in [-0.15, -0.1) is 0 Å². The first-order chi connectivity index (χ1) is 12.7. The van der Waals surface area contributed by atoms with Crippen LogP contribution in [0.25, 0.3) is 33.4 Å². The van der Waals surface area contributed by atoms with Gasteiger partial charge in [0.1, 0.15) is 23.6 Å². The molecule has 0 saturated heterocycles. The number of aromatic nitrogens is 4. The molecule has 5 nitrogen and oxygen atoms in total. The van der Waals surface area contributed by atoms with Crippen molar-refractivity contribution in [1.82, 2.24) is 19.7 Å². The van der Waals surface area contributed by atoms with Crippen molar-refractivity contribution >= 4 is 10.9 Å². The number of benzene rings is 2. The third kappa shape index (κ3) is 2.79. The standard InChI is InChI=1S/C20H17FN4O/c1-3-25-11-17(19(24-25)13-4-6-14(21)7-5-13)20-16-9-8-15(26-2)10-18(16)22-12-23-20/h4-12H,3H2,1-2H3. The molecule has 2 aromatic heterocycles. The summed E-state index contributed by atoms with van der Waals surface area (Å²) in [6, 6.07) is 12.0. The van der Waals surface area contributed by atoms with Crippen LogP contribution in [-0.2, 0) is 6.54 Å². The first-order valence-electron chi connectivity index (χ1n) is 8.32. The first-order valence-corrected chi connectivity index (χ1v) is 8.32. The van der Waals surface area contributed by atoms with Crippen molar-refractivity contribution in [1.29, 1.82) is 0 Å². The summed E-state index contributed by atoms with van der Waals surface area (Å²) in [4.78, 5) is 8.85. The maximum Gasteiger partial charge on any atom is 0.123 e. The third-order valence-corrected chi connectivity index (χ3v) is 4.30. The Bertz CT molecular complexity index is 1070. The zero-order chi connectivity index (χ0) is 18.1. The van der Waals surface area contributed by atoms with Gasteiger partial charge >= 0.3 is 0 Å². The minimum atomic E-state index is -0.273. The van der Waals surface area contributed by atoms with Gasteiger partial charge in [-0.05, 0) is 43.3 Å². The lowest BCUT2D eigenvalue weighted by Crippen LogP contribution is -1.93. The molecule has 6 heteroatoms. The SMILES string of the molecule is CCn1cc(-c2ncnc3cc(OC)ccc23)c(-c2ccc(F)cc2)n1. The number of halogens is 1. The van der Waals surface area contributed by atoms with E-state index >= 15 is 0 Å². The Morgan fingerprint density at radius 1 is 1.04 bits per heavy atom. The molecule has 4 aromatic rings. The number of aryl methyl sites for hydroxylation is 1. The van der Waals surface area contributed by atoms with E-state index in [4.69, 9.17) is 4.74 Å². The van der Waals surface area contributed by atoms with Gasteiger partial charge in [0.05, 0.1) is 18.3 Å². The second-order valence-electron chi connectivity index (χ2n) is 5.86. The van der Waals surface area contributed by atoms with Crippen LogP contribution in [0.3, 0.4) is 0 Å². The maximum atomic E-state index is 13.3. The number of hydrogen-bond donors (Lipinski definition) is 0. The summed E-state index contributed by atoms with van der Waals surface area (Å²) < 4.78 is 20.5. The van der Waals surface area contributed by atoms with E-state index in [1.807, 2.05) is 36.0 Å². The van der Waals surface area contributed by atoms with Gasteiger partial charge in [-0.2, -0.15) is 5.10 Å². The van der Waals surface area contributed by atoms with E-state index in [0.29, 0.717) is 0 Å². The van der Waals surface area contributed by atoms with E-state index in [1.165, 1.54) is 18.5 Å². The topological polar surface area (TPSA) is 52.8 Å². The molecular formula is C20H17FN4O. The zero-order valence-corrected chi connectivity index (χ0v) is 14.5. The molecule has 4 rings (SSSR count). The summed E-state index contributed by atoms with van der Waals surface area (Å²) in [5.41, 5.74) is 4.08. The molecule has 0 aliphatic carbocycles. The van der Waals surface area contributed by atoms with E-state index in [0.717, 1.165) is 45.7 Å². The Hall–Kier alpha value is -3.28. The number of methoxy groups -OCH3 is 1. The summed E-state index contributed by atoms with van der Waals surface area (Å²) in [5.74, 6) is 0.468. The van der Waals surface area contributed by atoms with Gasteiger partial charge in [0.25, 0.3) is 0 Å². The Morgan fingerprint density at radius 3 is 2.58 bits per heavy atom. The van der Waals surface area contributed by atoms with Gasteiger partial charge in [-0.1, -0.05) is 0 Å². The quantitative estimate of drug-likeness (QED) is 0.551. The monoisotopic (exact) mass is 348 g/mol. The molecule has 0 aliphatic heterocycles. The molecule has 2 aromatic carbocycles. The van der Waals surface area contributed by atoms with Crippen LogP contribution in [-0.4, -0.2) is 26.9 Å². The van der Waals surface area contributed by atoms with Crippen LogP contribution >= 0.6 is 0 Å². The fourth-order valence-corrected chi connectivity index (χ4v) is 2.96. The molecular weight excluding hydrogens is 331 g/mol. The number of ether oxygens (including phenoxy) is 1. The Morgan fingerprint density at radius 2 is 1.85 bits per heavy atom. The van der Waals surface area contributed by atoms with Crippen LogP contribution in [0.15, 0.2) is 55.0 Å². The van der Waals surface area contributed by atoms with E-state index in [-0.39, 0.29) is 5.82 Å². The molecule has 0 unspecified atom stereocenters. The summed E-state index contributed by atoms with van der Waals surface area (Å²) in [6.45, 7) is 2.75. The smallest absolute Gasteiger partial charge is 0.123 e. The molecule has 2 heterocycles. The van der Waals surface area contributed by atoms with Crippen molar-refractivity contribution in [2.45, 2.75) is 13.5 Å². The lowest BCUT2D eigenvalue weighted by atomic mass is 10.0. The summed E-state index contributed by atoms with van der Waals surface area (Å²) >= 11 is 0. The molecule has 0 fully saturated rings. The summed E-state index contributed by atoms with van der Waals surface area (Å²) in [6.07, 6.45) is 3.50. The largest absolute Gasteiger partial charge is 0.497 e. The lowest BCUT2D eigenvalue weighted by molar-refractivity contribution is 0.415. The van der Waals surface area contributed by atoms with Gasteiger partial charge < -0.3 is 4.74 Å². The van der Waals surface area contributed by atoms with Gasteiger partial charge in [0, 0.05) is 35.3 Å². The number of fused-ring (bicyclic) bond motifs is 1. The Balaban J connectivity index is 1.94. The van der Waals surface area contributed by atoms with E-state index in [1.54, 1.807) is 19.2 Å². The molecule has 0 amide bonds. The van der Waals surface area contributed by atoms with Gasteiger partial charge in [-0.3, -0.25) is 4.68 Å². The molecule has 0 radical (unpaired) electrons. The van der Waals surface area contributed by atoms with Crippen LogP contribution in [0, 0.1) is 5.82 Å². The minimum Gasteiger partial charge on any atom is -0.497 e. The normalized spacial score (nSPS) is 11.0. The molecule has 0 aliphatic rings. The summed E-state index contributed by atoms with van der Waals surface area (Å²) in [5, 5.41) is 5.56. The molecule has 130 valence electrons. The Kier molecular flexibility index (Phi) is 4.08. The number of rotatable bonds is 4. The second-order valence-corrected chi connectivity index (χ2v) is 5.86. The van der Waals surface area contributed by atoms with Crippen molar-refractivity contribution in [3.63, 3.8) is 0 Å². The molecule has 0 atom stereocenters. The minimum absolute atomic E-state index is 0.273. The first kappa shape index (κ1) is 16.2. The summed E-state index contributed by atoms with van der Waals surface area (Å²) in [7, 11) is 1.63. The highest BCUT2D eigenvalue weighted by Gasteiger charge is 2.17. The van der Waals surface area contributed by atoms with Crippen LogP contribution in [0.1, 0.15) is 6.92 Å². The van der Waals surface area contributed by atoms with Gasteiger partial charge in [0.15, 0.2) is 0 Å². The van der Waals surface area contributed by atoms with E-state index < -0.39 is 0 Å². The highest BCUT2D eigenvalue weighted by Crippen LogP contribution is 2.34. The average Bonchev–Trinajstić information content (AvgIpc) is 3.12. The van der Waals surface area contributed by atoms with Crippen molar-refractivity contribution in [2.24, 2.45) is 0 Å². The number of nitrogens with zero attached hydrogens (tertiary/aromatic N) is 4. The Labute approximate surface area is 150 Å². The fourth-order valence-electron chi connectivity index (χ4n) is 2.96. The van der Waals surface area contributed by atoms with Gasteiger partial charge in [-0.25, -0.2) is 14.4 Å². The number of hydrogen-bond acceptors (Lipinski definition) is 4. The zero-order valence-electron chi connectivity index (χ0n) is 14.5. The lowest BCUT2D eigenvalue weighted by Gasteiger charge is -2.07. The second kappa shape index (κ2) is 6.55. The van der Waals surface area contributed by atoms with Crippen LogP contribution < -0.4 is 4.74 Å². The predicted molar refractivity (Wildman–Crippen MR) is 98.4 cm³/mol. The van der Waals surface area contributed by atoms with Gasteiger partial charge in [0.2, 0.25) is 0 Å². The molecule has 0 saturated carbocycles. The van der Waals surface area contributed by atoms with Crippen molar-refractivity contribution in [3.05, 3.63) is 60.8 Å². The van der Waals surface area contributed by atoms with Crippen LogP contribution in [0.2, 0.25) is 0 Å². The third-order valence-electron chi connectivity index (χ3n) is 4.30. The molecule has 0 bridgehead atoms. The van der Waals surface area contributed by atoms with Crippen LogP contribution in [0.5, 0.6) is 5.75 Å². The van der Waals surface area contributed by atoms with Crippen LogP contribution in [0.4, 0.5) is 4.39 Å². The molecule has 0 N–H and O–H groups in total. The van der Waals surface area contributed by atoms with Crippen molar-refractivity contribution in [2.75, 3.05) is 7.11 Å². The van der Waals surface area contributed by atoms with Crippen molar-refractivity contribution in [3.8, 4) is 28.3 Å². The van der Waals surface area contributed by atoms with Crippen molar-refractivity contribution < 1.29 is 9.13 Å². The molecule has 26 heavy (non-hydrogen) atoms. The average molecular weight is 348 g/mol. The van der Waals surface area contributed by atoms with E-state index in [9.17, 15) is 4.39 Å². The maximum absolute atomic E-state index is 13.3. The predicted octanol–water partition coefficient (Wildman–Crippen LogP) is 4.33. The highest BCUT2D eigenvalue weighted by molar-refractivity contribution is 5.96.